The minimum Gasteiger partial charge on any atom is -0.467 e. The quantitative estimate of drug-likeness (QED) is 0.253. The molecule has 0 radical (unpaired) electrons. The Labute approximate surface area is 207 Å². The van der Waals surface area contributed by atoms with E-state index in [2.05, 4.69) is 10.1 Å². The average Bonchev–Trinajstić information content (AvgIpc) is 2.87. The predicted molar refractivity (Wildman–Crippen MR) is 120 cm³/mol. The van der Waals surface area contributed by atoms with Crippen LogP contribution in [0.4, 0.5) is 26.3 Å². The second kappa shape index (κ2) is 10.9. The zero-order valence-corrected chi connectivity index (χ0v) is 19.1. The lowest BCUT2D eigenvalue weighted by Gasteiger charge is -2.18. The Morgan fingerprint density at radius 1 is 0.757 bits per heavy atom. The fourth-order valence-corrected chi connectivity index (χ4v) is 3.45. The number of esters is 1. The Balaban J connectivity index is 1.83. The number of carbonyl (C=O) groups is 3. The molecule has 0 fully saturated rings. The maximum Gasteiger partial charge on any atom is 0.416 e. The number of nitrogens with one attached hydrogen (secondary N) is 1. The van der Waals surface area contributed by atoms with E-state index in [1.807, 2.05) is 0 Å². The van der Waals surface area contributed by atoms with Crippen LogP contribution in [0, 0.1) is 0 Å². The molecule has 37 heavy (non-hydrogen) atoms. The van der Waals surface area contributed by atoms with Gasteiger partial charge in [0.05, 0.1) is 18.2 Å². The molecule has 0 saturated carbocycles. The van der Waals surface area contributed by atoms with Crippen molar-refractivity contribution in [2.75, 3.05) is 7.11 Å². The van der Waals surface area contributed by atoms with Gasteiger partial charge in [-0.05, 0) is 23.8 Å². The van der Waals surface area contributed by atoms with E-state index in [1.165, 1.54) is 24.3 Å². The van der Waals surface area contributed by atoms with Crippen LogP contribution in [0.15, 0.2) is 72.8 Å². The average molecular weight is 523 g/mol. The lowest BCUT2D eigenvalue weighted by molar-refractivity contribution is -0.144. The Hall–Kier alpha value is -4.15. The van der Waals surface area contributed by atoms with E-state index in [9.17, 15) is 40.7 Å². The molecule has 3 aromatic rings. The fourth-order valence-electron chi connectivity index (χ4n) is 3.45. The largest absolute Gasteiger partial charge is 0.467 e. The van der Waals surface area contributed by atoms with Crippen LogP contribution >= 0.6 is 0 Å². The van der Waals surface area contributed by atoms with Crippen molar-refractivity contribution in [2.24, 2.45) is 0 Å². The lowest BCUT2D eigenvalue weighted by atomic mass is 9.99. The number of amides is 1. The van der Waals surface area contributed by atoms with Gasteiger partial charge in [-0.3, -0.25) is 9.59 Å². The first-order chi connectivity index (χ1) is 17.3. The summed E-state index contributed by atoms with van der Waals surface area (Å²) in [6.07, 6.45) is -10.5. The second-order valence-corrected chi connectivity index (χ2v) is 7.94. The van der Waals surface area contributed by atoms with E-state index in [1.54, 1.807) is 30.3 Å². The van der Waals surface area contributed by atoms with Crippen LogP contribution in [-0.2, 0) is 28.3 Å². The van der Waals surface area contributed by atoms with Crippen molar-refractivity contribution in [1.29, 1.82) is 0 Å². The standard InChI is InChI=1S/C26H19F6NO4/c1-37-24(36)21(11-15-7-9-17(10-8-15)22(34)16-5-3-2-4-6-16)33-23(35)18-12-19(25(27,28)29)14-20(13-18)26(30,31)32/h2-10,12-14,21H,11H2,1H3,(H,33,35)/t21-/m0/s1. The third-order valence-corrected chi connectivity index (χ3v) is 5.33. The van der Waals surface area contributed by atoms with Crippen molar-refractivity contribution in [3.63, 3.8) is 0 Å². The third kappa shape index (κ3) is 6.96. The number of hydrogen-bond donors (Lipinski definition) is 1. The Morgan fingerprint density at radius 2 is 1.27 bits per heavy atom. The van der Waals surface area contributed by atoms with Crippen LogP contribution in [0.1, 0.15) is 43.0 Å². The summed E-state index contributed by atoms with van der Waals surface area (Å²) in [6.45, 7) is 0. The van der Waals surface area contributed by atoms with Gasteiger partial charge < -0.3 is 10.1 Å². The molecular weight excluding hydrogens is 504 g/mol. The van der Waals surface area contributed by atoms with E-state index in [0.29, 0.717) is 16.7 Å². The van der Waals surface area contributed by atoms with Crippen LogP contribution in [0.2, 0.25) is 0 Å². The number of hydrogen-bond acceptors (Lipinski definition) is 4. The lowest BCUT2D eigenvalue weighted by Crippen LogP contribution is -2.43. The van der Waals surface area contributed by atoms with Crippen LogP contribution in [0.25, 0.3) is 0 Å². The summed E-state index contributed by atoms with van der Waals surface area (Å²) in [5.74, 6) is -2.56. The minimum atomic E-state index is -5.14. The first-order valence-electron chi connectivity index (χ1n) is 10.7. The maximum absolute atomic E-state index is 13.1. The highest BCUT2D eigenvalue weighted by Crippen LogP contribution is 2.36. The van der Waals surface area contributed by atoms with Gasteiger partial charge >= 0.3 is 18.3 Å². The van der Waals surface area contributed by atoms with Gasteiger partial charge in [-0.2, -0.15) is 26.3 Å². The molecule has 0 aliphatic rings. The molecule has 0 bridgehead atoms. The van der Waals surface area contributed by atoms with E-state index >= 15 is 0 Å². The molecule has 0 unspecified atom stereocenters. The first-order valence-corrected chi connectivity index (χ1v) is 10.7. The summed E-state index contributed by atoms with van der Waals surface area (Å²) >= 11 is 0. The number of alkyl halides is 6. The van der Waals surface area contributed by atoms with Crippen molar-refractivity contribution in [2.45, 2.75) is 24.8 Å². The topological polar surface area (TPSA) is 72.5 Å². The maximum atomic E-state index is 13.1. The van der Waals surface area contributed by atoms with Gasteiger partial charge in [0.2, 0.25) is 0 Å². The number of carbonyl (C=O) groups excluding carboxylic acids is 3. The molecule has 3 aromatic carbocycles. The van der Waals surface area contributed by atoms with Crippen LogP contribution < -0.4 is 5.32 Å². The zero-order valence-electron chi connectivity index (χ0n) is 19.1. The van der Waals surface area contributed by atoms with E-state index in [-0.39, 0.29) is 30.4 Å². The molecule has 0 heterocycles. The SMILES string of the molecule is COC(=O)[C@H](Cc1ccc(C(=O)c2ccccc2)cc1)NC(=O)c1cc(C(F)(F)F)cc(C(F)(F)F)c1. The molecule has 11 heteroatoms. The number of ketones is 1. The second-order valence-electron chi connectivity index (χ2n) is 7.94. The van der Waals surface area contributed by atoms with Crippen LogP contribution in [0.3, 0.4) is 0 Å². The number of benzene rings is 3. The van der Waals surface area contributed by atoms with Crippen molar-refractivity contribution >= 4 is 17.7 Å². The number of ether oxygens (including phenoxy) is 1. The van der Waals surface area contributed by atoms with E-state index < -0.39 is 47.0 Å². The first kappa shape index (κ1) is 27.4. The Morgan fingerprint density at radius 3 is 1.76 bits per heavy atom. The van der Waals surface area contributed by atoms with Gasteiger partial charge in [-0.1, -0.05) is 54.6 Å². The van der Waals surface area contributed by atoms with Gasteiger partial charge in [0, 0.05) is 23.1 Å². The van der Waals surface area contributed by atoms with Gasteiger partial charge in [0.15, 0.2) is 5.78 Å². The Kier molecular flexibility index (Phi) is 8.05. The van der Waals surface area contributed by atoms with Gasteiger partial charge in [-0.25, -0.2) is 4.79 Å². The zero-order chi connectivity index (χ0) is 27.4. The van der Waals surface area contributed by atoms with Gasteiger partial charge in [0.1, 0.15) is 6.04 Å². The van der Waals surface area contributed by atoms with Crippen molar-refractivity contribution in [3.8, 4) is 0 Å². The van der Waals surface area contributed by atoms with Gasteiger partial charge in [-0.15, -0.1) is 0 Å². The third-order valence-electron chi connectivity index (χ3n) is 5.33. The number of methoxy groups -OCH3 is 1. The van der Waals surface area contributed by atoms with Crippen molar-refractivity contribution in [1.82, 2.24) is 5.32 Å². The Bertz CT molecular complexity index is 1250. The molecule has 3 rings (SSSR count). The fraction of sp³-hybridized carbons (Fsp3) is 0.192. The molecule has 0 aromatic heterocycles. The smallest absolute Gasteiger partial charge is 0.416 e. The number of rotatable bonds is 7. The van der Waals surface area contributed by atoms with Crippen molar-refractivity contribution < 1.29 is 45.5 Å². The molecule has 194 valence electrons. The van der Waals surface area contributed by atoms with E-state index in [0.717, 1.165) is 7.11 Å². The molecule has 1 atom stereocenters. The summed E-state index contributed by atoms with van der Waals surface area (Å²) < 4.78 is 83.4. The molecule has 0 aliphatic heterocycles. The van der Waals surface area contributed by atoms with Crippen LogP contribution in [-0.4, -0.2) is 30.8 Å². The molecule has 0 spiro atoms. The molecule has 1 amide bonds. The summed E-state index contributed by atoms with van der Waals surface area (Å²) in [4.78, 5) is 37.4. The summed E-state index contributed by atoms with van der Waals surface area (Å²) in [5, 5.41) is 2.14. The molecule has 5 nitrogen and oxygen atoms in total. The van der Waals surface area contributed by atoms with Crippen molar-refractivity contribution in [3.05, 3.63) is 106 Å². The molecule has 0 aliphatic carbocycles. The normalized spacial score (nSPS) is 12.5. The highest BCUT2D eigenvalue weighted by molar-refractivity contribution is 6.09. The van der Waals surface area contributed by atoms with Crippen LogP contribution in [0.5, 0.6) is 0 Å². The summed E-state index contributed by atoms with van der Waals surface area (Å²) in [5.41, 5.74) is -3.02. The molecular formula is C26H19F6NO4. The summed E-state index contributed by atoms with van der Waals surface area (Å²) in [7, 11) is 1.01. The highest BCUT2D eigenvalue weighted by Gasteiger charge is 2.38. The molecule has 0 saturated heterocycles. The van der Waals surface area contributed by atoms with Gasteiger partial charge in [0.25, 0.3) is 5.91 Å². The number of halogens is 6. The molecule has 1 N–H and O–H groups in total. The predicted octanol–water partition coefficient (Wildman–Crippen LogP) is 5.47. The van der Waals surface area contributed by atoms with E-state index in [4.69, 9.17) is 0 Å². The highest BCUT2D eigenvalue weighted by atomic mass is 19.4. The minimum absolute atomic E-state index is 0.104. The monoisotopic (exact) mass is 523 g/mol. The summed E-state index contributed by atoms with van der Waals surface area (Å²) in [6, 6.07) is 13.4.